The van der Waals surface area contributed by atoms with Gasteiger partial charge in [-0.1, -0.05) is 6.92 Å². The zero-order valence-corrected chi connectivity index (χ0v) is 17.0. The third kappa shape index (κ3) is 6.12. The fourth-order valence-corrected chi connectivity index (χ4v) is 4.36. The molecule has 26 heavy (non-hydrogen) atoms. The van der Waals surface area contributed by atoms with Gasteiger partial charge in [0.25, 0.3) is 0 Å². The van der Waals surface area contributed by atoms with Crippen molar-refractivity contribution in [2.45, 2.75) is 45.6 Å². The van der Waals surface area contributed by atoms with Crippen molar-refractivity contribution in [3.8, 4) is 0 Å². The molecule has 1 unspecified atom stereocenters. The fraction of sp³-hybridized carbons (Fsp3) is 0.882. The van der Waals surface area contributed by atoms with E-state index in [9.17, 15) is 13.2 Å². The maximum atomic E-state index is 11.8. The highest BCUT2D eigenvalue weighted by molar-refractivity contribution is 7.88. The van der Waals surface area contributed by atoms with Gasteiger partial charge in [-0.25, -0.2) is 12.7 Å². The minimum Gasteiger partial charge on any atom is -0.357 e. The SMILES string of the molecule is CCNC(=NCC1CCN(S(C)(=O)=O)CC1)NC1CCN(C(=O)CC)C1. The summed E-state index contributed by atoms with van der Waals surface area (Å²) in [6, 6.07) is 0.232. The van der Waals surface area contributed by atoms with Crippen LogP contribution < -0.4 is 10.6 Å². The van der Waals surface area contributed by atoms with Crippen molar-refractivity contribution >= 4 is 21.9 Å². The Morgan fingerprint density at radius 1 is 1.15 bits per heavy atom. The zero-order chi connectivity index (χ0) is 19.2. The van der Waals surface area contributed by atoms with Gasteiger partial charge in [-0.2, -0.15) is 0 Å². The predicted molar refractivity (Wildman–Crippen MR) is 104 cm³/mol. The van der Waals surface area contributed by atoms with E-state index < -0.39 is 10.0 Å². The molecule has 2 N–H and O–H groups in total. The first-order valence-corrected chi connectivity index (χ1v) is 11.5. The maximum Gasteiger partial charge on any atom is 0.222 e. The van der Waals surface area contributed by atoms with Gasteiger partial charge in [-0.05, 0) is 32.1 Å². The number of carbonyl (C=O) groups is 1. The van der Waals surface area contributed by atoms with Crippen LogP contribution in [0.15, 0.2) is 4.99 Å². The molecule has 2 heterocycles. The van der Waals surface area contributed by atoms with E-state index in [1.807, 2.05) is 18.7 Å². The number of rotatable bonds is 6. The summed E-state index contributed by atoms with van der Waals surface area (Å²) in [7, 11) is -3.08. The molecule has 2 aliphatic heterocycles. The lowest BCUT2D eigenvalue weighted by atomic mass is 9.98. The molecule has 2 saturated heterocycles. The van der Waals surface area contributed by atoms with Crippen LogP contribution in [0.25, 0.3) is 0 Å². The lowest BCUT2D eigenvalue weighted by Gasteiger charge is -2.29. The van der Waals surface area contributed by atoms with Crippen LogP contribution >= 0.6 is 0 Å². The normalized spacial score (nSPS) is 23.3. The molecule has 0 aromatic carbocycles. The van der Waals surface area contributed by atoms with Gasteiger partial charge in [-0.15, -0.1) is 0 Å². The number of likely N-dealkylation sites (tertiary alicyclic amines) is 1. The summed E-state index contributed by atoms with van der Waals surface area (Å²) in [5, 5.41) is 6.71. The van der Waals surface area contributed by atoms with E-state index in [2.05, 4.69) is 10.6 Å². The van der Waals surface area contributed by atoms with Crippen LogP contribution in [0.3, 0.4) is 0 Å². The fourth-order valence-electron chi connectivity index (χ4n) is 3.49. The third-order valence-electron chi connectivity index (χ3n) is 5.08. The highest BCUT2D eigenvalue weighted by atomic mass is 32.2. The number of nitrogens with one attached hydrogen (secondary N) is 2. The number of guanidine groups is 1. The quantitative estimate of drug-likeness (QED) is 0.502. The monoisotopic (exact) mass is 387 g/mol. The topological polar surface area (TPSA) is 94.1 Å². The molecule has 0 spiro atoms. The molecule has 0 radical (unpaired) electrons. The summed E-state index contributed by atoms with van der Waals surface area (Å²) in [6.07, 6.45) is 4.44. The standard InChI is InChI=1S/C17H33N5O3S/c1-4-16(23)21-9-8-15(13-21)20-17(18-5-2)19-12-14-6-10-22(11-7-14)26(3,24)25/h14-15H,4-13H2,1-3H3,(H2,18,19,20). The Hall–Kier alpha value is -1.35. The van der Waals surface area contributed by atoms with Gasteiger partial charge in [0.1, 0.15) is 0 Å². The largest absolute Gasteiger partial charge is 0.357 e. The lowest BCUT2D eigenvalue weighted by Crippen LogP contribution is -2.45. The van der Waals surface area contributed by atoms with Gasteiger partial charge in [0, 0.05) is 51.7 Å². The molecule has 2 fully saturated rings. The second kappa shape index (κ2) is 9.55. The summed E-state index contributed by atoms with van der Waals surface area (Å²) in [6.45, 7) is 8.09. The van der Waals surface area contributed by atoms with Crippen LogP contribution in [0.5, 0.6) is 0 Å². The smallest absolute Gasteiger partial charge is 0.222 e. The van der Waals surface area contributed by atoms with E-state index in [0.717, 1.165) is 44.9 Å². The third-order valence-corrected chi connectivity index (χ3v) is 6.38. The number of amides is 1. The highest BCUT2D eigenvalue weighted by Crippen LogP contribution is 2.19. The molecule has 0 aliphatic carbocycles. The maximum absolute atomic E-state index is 11.8. The molecule has 0 saturated carbocycles. The Bertz CT molecular complexity index is 600. The van der Waals surface area contributed by atoms with Gasteiger partial charge in [0.05, 0.1) is 6.26 Å². The summed E-state index contributed by atoms with van der Waals surface area (Å²) >= 11 is 0. The Labute approximate surface area is 157 Å². The lowest BCUT2D eigenvalue weighted by molar-refractivity contribution is -0.129. The first-order chi connectivity index (χ1) is 12.3. The molecule has 0 aromatic heterocycles. The predicted octanol–water partition coefficient (Wildman–Crippen LogP) is 0.224. The number of nitrogens with zero attached hydrogens (tertiary/aromatic N) is 3. The first kappa shape index (κ1) is 21.0. The van der Waals surface area contributed by atoms with Crippen molar-refractivity contribution in [2.75, 3.05) is 45.5 Å². The summed E-state index contributed by atoms with van der Waals surface area (Å²) in [5.41, 5.74) is 0. The van der Waals surface area contributed by atoms with Crippen molar-refractivity contribution in [3.63, 3.8) is 0 Å². The van der Waals surface area contributed by atoms with Crippen LogP contribution in [-0.4, -0.2) is 81.1 Å². The Morgan fingerprint density at radius 2 is 1.85 bits per heavy atom. The Balaban J connectivity index is 1.83. The van der Waals surface area contributed by atoms with E-state index in [1.165, 1.54) is 6.26 Å². The summed E-state index contributed by atoms with van der Waals surface area (Å²) in [4.78, 5) is 18.4. The van der Waals surface area contributed by atoms with E-state index in [0.29, 0.717) is 32.0 Å². The average molecular weight is 388 g/mol. The number of hydrogen-bond acceptors (Lipinski definition) is 4. The Kier molecular flexibility index (Phi) is 7.69. The Morgan fingerprint density at radius 3 is 2.42 bits per heavy atom. The van der Waals surface area contributed by atoms with Crippen molar-refractivity contribution in [1.82, 2.24) is 19.8 Å². The van der Waals surface area contributed by atoms with Crippen molar-refractivity contribution < 1.29 is 13.2 Å². The van der Waals surface area contributed by atoms with Crippen molar-refractivity contribution in [3.05, 3.63) is 0 Å². The number of carbonyl (C=O) groups excluding carboxylic acids is 1. The van der Waals surface area contributed by atoms with Crippen molar-refractivity contribution in [2.24, 2.45) is 10.9 Å². The van der Waals surface area contributed by atoms with Gasteiger partial charge in [0.2, 0.25) is 15.9 Å². The number of hydrogen-bond donors (Lipinski definition) is 2. The molecule has 2 rings (SSSR count). The number of aliphatic imine (C=N–C) groups is 1. The van der Waals surface area contributed by atoms with Crippen LogP contribution in [0.4, 0.5) is 0 Å². The highest BCUT2D eigenvalue weighted by Gasteiger charge is 2.27. The van der Waals surface area contributed by atoms with Gasteiger partial charge in [-0.3, -0.25) is 9.79 Å². The second-order valence-corrected chi connectivity index (χ2v) is 9.13. The van der Waals surface area contributed by atoms with Gasteiger partial charge in [0.15, 0.2) is 5.96 Å². The molecule has 150 valence electrons. The molecular formula is C17H33N5O3S. The summed E-state index contributed by atoms with van der Waals surface area (Å²) < 4.78 is 24.7. The zero-order valence-electron chi connectivity index (χ0n) is 16.2. The van der Waals surface area contributed by atoms with Crippen LogP contribution in [0.2, 0.25) is 0 Å². The molecule has 1 atom stereocenters. The average Bonchev–Trinajstić information content (AvgIpc) is 3.07. The molecule has 1 amide bonds. The van der Waals surface area contributed by atoms with Crippen LogP contribution in [0.1, 0.15) is 39.5 Å². The van der Waals surface area contributed by atoms with E-state index in [-0.39, 0.29) is 11.9 Å². The molecular weight excluding hydrogens is 354 g/mol. The molecule has 9 heteroatoms. The van der Waals surface area contributed by atoms with Gasteiger partial charge >= 0.3 is 0 Å². The minimum atomic E-state index is -3.08. The van der Waals surface area contributed by atoms with Crippen LogP contribution in [0, 0.1) is 5.92 Å². The van der Waals surface area contributed by atoms with Gasteiger partial charge < -0.3 is 15.5 Å². The molecule has 0 aromatic rings. The number of piperidine rings is 1. The van der Waals surface area contributed by atoms with E-state index in [4.69, 9.17) is 4.99 Å². The molecule has 0 bridgehead atoms. The van der Waals surface area contributed by atoms with Crippen molar-refractivity contribution in [1.29, 1.82) is 0 Å². The molecule has 8 nitrogen and oxygen atoms in total. The number of sulfonamides is 1. The summed E-state index contributed by atoms with van der Waals surface area (Å²) in [5.74, 6) is 1.40. The van der Waals surface area contributed by atoms with Crippen LogP contribution in [-0.2, 0) is 14.8 Å². The minimum absolute atomic E-state index is 0.203. The second-order valence-electron chi connectivity index (χ2n) is 7.15. The molecule has 2 aliphatic rings. The van der Waals surface area contributed by atoms with E-state index >= 15 is 0 Å². The van der Waals surface area contributed by atoms with E-state index in [1.54, 1.807) is 4.31 Å². The first-order valence-electron chi connectivity index (χ1n) is 9.61.